The van der Waals surface area contributed by atoms with Gasteiger partial charge in [0.05, 0.1) is 35.3 Å². The first-order valence-electron chi connectivity index (χ1n) is 9.32. The number of esters is 1. The van der Waals surface area contributed by atoms with Gasteiger partial charge < -0.3 is 29.5 Å². The van der Waals surface area contributed by atoms with Crippen molar-refractivity contribution >= 4 is 17.5 Å². The fraction of sp³-hybridized carbons (Fsp3) is 0.450. The minimum absolute atomic E-state index is 0.0357. The maximum Gasteiger partial charge on any atom is 0.309 e. The number of carbonyl (C=O) groups is 3. The minimum Gasteiger partial charge on any atom is -0.507 e. The molecule has 3 aliphatic heterocycles. The van der Waals surface area contributed by atoms with E-state index in [4.69, 9.17) is 14.2 Å². The lowest BCUT2D eigenvalue weighted by Crippen LogP contribution is -2.66. The van der Waals surface area contributed by atoms with Crippen LogP contribution in [0.3, 0.4) is 0 Å². The molecule has 1 aromatic carbocycles. The van der Waals surface area contributed by atoms with Crippen molar-refractivity contribution in [3.8, 4) is 5.75 Å². The zero-order valence-electron chi connectivity index (χ0n) is 15.3. The summed E-state index contributed by atoms with van der Waals surface area (Å²) in [6.07, 6.45) is -5.82. The summed E-state index contributed by atoms with van der Waals surface area (Å²) >= 11 is 0. The van der Waals surface area contributed by atoms with Gasteiger partial charge in [-0.05, 0) is 13.0 Å². The third-order valence-corrected chi connectivity index (χ3v) is 5.88. The van der Waals surface area contributed by atoms with Crippen molar-refractivity contribution in [3.05, 3.63) is 40.5 Å². The van der Waals surface area contributed by atoms with E-state index in [1.807, 2.05) is 0 Å². The summed E-state index contributed by atoms with van der Waals surface area (Å²) in [5.41, 5.74) is -0.766. The van der Waals surface area contributed by atoms with Crippen molar-refractivity contribution < 1.29 is 43.9 Å². The van der Waals surface area contributed by atoms with Gasteiger partial charge in [-0.3, -0.25) is 14.4 Å². The number of aliphatic hydroxyl groups excluding tert-OH is 2. The number of aromatic hydroxyl groups is 1. The molecule has 3 N–H and O–H groups in total. The van der Waals surface area contributed by atoms with Crippen LogP contribution >= 0.6 is 0 Å². The van der Waals surface area contributed by atoms with Gasteiger partial charge in [-0.25, -0.2) is 0 Å². The molecule has 152 valence electrons. The normalized spacial score (nSPS) is 38.6. The quantitative estimate of drug-likeness (QED) is 0.512. The average Bonchev–Trinajstić information content (AvgIpc) is 3.02. The molecule has 0 unspecified atom stereocenters. The van der Waals surface area contributed by atoms with Gasteiger partial charge in [0.2, 0.25) is 5.79 Å². The Balaban J connectivity index is 1.80. The summed E-state index contributed by atoms with van der Waals surface area (Å²) in [5.74, 6) is -4.60. The van der Waals surface area contributed by atoms with Gasteiger partial charge in [-0.2, -0.15) is 0 Å². The highest BCUT2D eigenvalue weighted by atomic mass is 16.7. The van der Waals surface area contributed by atoms with E-state index in [-0.39, 0.29) is 35.1 Å². The summed E-state index contributed by atoms with van der Waals surface area (Å²) in [7, 11) is 0. The number of carbonyl (C=O) groups excluding carboxylic acids is 3. The fourth-order valence-electron chi connectivity index (χ4n) is 4.70. The predicted molar refractivity (Wildman–Crippen MR) is 93.1 cm³/mol. The van der Waals surface area contributed by atoms with E-state index in [0.717, 1.165) is 0 Å². The topological polar surface area (TPSA) is 140 Å². The van der Waals surface area contributed by atoms with Crippen molar-refractivity contribution in [3.63, 3.8) is 0 Å². The van der Waals surface area contributed by atoms with E-state index >= 15 is 0 Å². The summed E-state index contributed by atoms with van der Waals surface area (Å²) in [4.78, 5) is 38.7. The van der Waals surface area contributed by atoms with Crippen LogP contribution < -0.4 is 0 Å². The largest absolute Gasteiger partial charge is 0.507 e. The van der Waals surface area contributed by atoms with Gasteiger partial charge in [-0.15, -0.1) is 0 Å². The number of fused-ring (bicyclic) bond motifs is 4. The molecule has 0 radical (unpaired) electrons. The predicted octanol–water partition coefficient (Wildman–Crippen LogP) is 0.00900. The van der Waals surface area contributed by atoms with E-state index in [1.54, 1.807) is 6.92 Å². The highest BCUT2D eigenvalue weighted by Gasteiger charge is 2.64. The standard InChI is InChI=1S/C20H18O9/c1-7-5-10(22)19(26)20(28-7)15-14(18-11(29-20)6-12(23)27-18)16(24)8-3-2-4-9(21)13(8)17(15)25/h2-4,7,10-11,18-19,21-22,26H,5-6H2,1H3/t7-,10-,11-,18+,19-,20-/m0/s1. The lowest BCUT2D eigenvalue weighted by Gasteiger charge is -2.51. The monoisotopic (exact) mass is 402 g/mol. The molecule has 0 bridgehead atoms. The van der Waals surface area contributed by atoms with Crippen molar-refractivity contribution in [2.75, 3.05) is 0 Å². The number of rotatable bonds is 0. The van der Waals surface area contributed by atoms with Crippen LogP contribution in [0, 0.1) is 0 Å². The number of benzene rings is 1. The fourth-order valence-corrected chi connectivity index (χ4v) is 4.70. The maximum atomic E-state index is 13.5. The van der Waals surface area contributed by atoms with Gasteiger partial charge in [0.25, 0.3) is 0 Å². The van der Waals surface area contributed by atoms with E-state index in [9.17, 15) is 29.7 Å². The van der Waals surface area contributed by atoms with Crippen molar-refractivity contribution in [1.29, 1.82) is 0 Å². The number of phenolic OH excluding ortho intramolecular Hbond substituents is 1. The van der Waals surface area contributed by atoms with Crippen LogP contribution in [0.4, 0.5) is 0 Å². The highest BCUT2D eigenvalue weighted by molar-refractivity contribution is 6.29. The summed E-state index contributed by atoms with van der Waals surface area (Å²) in [5, 5.41) is 31.5. The summed E-state index contributed by atoms with van der Waals surface area (Å²) in [6.45, 7) is 1.63. The Labute approximate surface area is 164 Å². The van der Waals surface area contributed by atoms with Crippen molar-refractivity contribution in [2.24, 2.45) is 0 Å². The number of hydrogen-bond donors (Lipinski definition) is 3. The third-order valence-electron chi connectivity index (χ3n) is 5.88. The molecule has 5 rings (SSSR count). The second kappa shape index (κ2) is 5.96. The first kappa shape index (κ1) is 18.4. The Morgan fingerprint density at radius 2 is 1.86 bits per heavy atom. The molecule has 2 fully saturated rings. The van der Waals surface area contributed by atoms with E-state index in [2.05, 4.69) is 0 Å². The maximum absolute atomic E-state index is 13.5. The number of phenols is 1. The second-order valence-electron chi connectivity index (χ2n) is 7.76. The Bertz CT molecular complexity index is 996. The zero-order valence-corrected chi connectivity index (χ0v) is 15.3. The molecule has 3 heterocycles. The molecule has 2 saturated heterocycles. The van der Waals surface area contributed by atoms with Crippen LogP contribution in [0.25, 0.3) is 0 Å². The summed E-state index contributed by atoms with van der Waals surface area (Å²) in [6, 6.07) is 4.08. The van der Waals surface area contributed by atoms with Gasteiger partial charge in [0.1, 0.15) is 18.0 Å². The van der Waals surface area contributed by atoms with Crippen LogP contribution in [-0.2, 0) is 19.0 Å². The van der Waals surface area contributed by atoms with Crippen molar-refractivity contribution in [1.82, 2.24) is 0 Å². The molecule has 6 atom stereocenters. The number of ketones is 2. The van der Waals surface area contributed by atoms with Crippen LogP contribution in [0.15, 0.2) is 29.3 Å². The second-order valence-corrected chi connectivity index (χ2v) is 7.76. The molecule has 1 aromatic rings. The molecule has 0 saturated carbocycles. The zero-order chi connectivity index (χ0) is 20.7. The molecule has 29 heavy (non-hydrogen) atoms. The molecule has 9 heteroatoms. The van der Waals surface area contributed by atoms with Gasteiger partial charge in [-0.1, -0.05) is 12.1 Å². The Kier molecular flexibility index (Phi) is 3.79. The van der Waals surface area contributed by atoms with Crippen LogP contribution in [0.5, 0.6) is 5.75 Å². The van der Waals surface area contributed by atoms with Crippen molar-refractivity contribution in [2.45, 2.75) is 56.1 Å². The molecular formula is C20H18O9. The molecular weight excluding hydrogens is 384 g/mol. The van der Waals surface area contributed by atoms with Crippen LogP contribution in [0.1, 0.15) is 40.5 Å². The number of ether oxygens (including phenoxy) is 3. The Hall–Kier alpha value is -2.59. The first-order chi connectivity index (χ1) is 13.7. The van der Waals surface area contributed by atoms with E-state index in [1.165, 1.54) is 18.2 Å². The molecule has 1 aliphatic carbocycles. The molecule has 0 amide bonds. The lowest BCUT2D eigenvalue weighted by atomic mass is 9.73. The molecule has 4 aliphatic rings. The lowest BCUT2D eigenvalue weighted by molar-refractivity contribution is -0.336. The number of hydrogen-bond acceptors (Lipinski definition) is 9. The minimum atomic E-state index is -2.16. The number of aliphatic hydroxyl groups is 2. The van der Waals surface area contributed by atoms with E-state index in [0.29, 0.717) is 0 Å². The van der Waals surface area contributed by atoms with Gasteiger partial charge >= 0.3 is 5.97 Å². The SMILES string of the molecule is C[C@H]1C[C@H](O)[C@H](O)[C@]2(O[C@H]3CC(=O)O[C@H]3C3=C2C(=O)c2c(O)cccc2C3=O)O1. The highest BCUT2D eigenvalue weighted by Crippen LogP contribution is 2.50. The van der Waals surface area contributed by atoms with Crippen LogP contribution in [0.2, 0.25) is 0 Å². The molecule has 0 aromatic heterocycles. The Morgan fingerprint density at radius 3 is 2.62 bits per heavy atom. The van der Waals surface area contributed by atoms with Gasteiger partial charge in [0.15, 0.2) is 17.7 Å². The first-order valence-corrected chi connectivity index (χ1v) is 9.32. The van der Waals surface area contributed by atoms with Gasteiger partial charge in [0, 0.05) is 12.0 Å². The third kappa shape index (κ3) is 2.32. The Morgan fingerprint density at radius 1 is 1.10 bits per heavy atom. The van der Waals surface area contributed by atoms with E-state index < -0.39 is 59.6 Å². The summed E-state index contributed by atoms with van der Waals surface area (Å²) < 4.78 is 17.1. The molecule has 9 nitrogen and oxygen atoms in total. The smallest absolute Gasteiger partial charge is 0.309 e. The average molecular weight is 402 g/mol. The molecule has 1 spiro atoms. The van der Waals surface area contributed by atoms with Crippen LogP contribution in [-0.4, -0.2) is 69.2 Å². The number of Topliss-reactive ketones (excluding diaryl/α,β-unsaturated/α-hetero) is 2.